The number of hydrazone groups is 1. The second kappa shape index (κ2) is 8.12. The number of hydrogen-bond donors (Lipinski definition) is 1. The number of fused-ring (bicyclic) bond motifs is 1. The molecule has 0 spiro atoms. The van der Waals surface area contributed by atoms with E-state index < -0.39 is 0 Å². The zero-order valence-electron chi connectivity index (χ0n) is 17.6. The highest BCUT2D eigenvalue weighted by Gasteiger charge is 2.55. The van der Waals surface area contributed by atoms with Gasteiger partial charge in [0.25, 0.3) is 0 Å². The Hall–Kier alpha value is -3.25. The molecule has 2 fully saturated rings. The Morgan fingerprint density at radius 3 is 2.81 bits per heavy atom. The molecular weight excluding hydrogens is 388 g/mol. The van der Waals surface area contributed by atoms with Gasteiger partial charge in [-0.3, -0.25) is 9.78 Å². The molecule has 5 rings (SSSR count). The van der Waals surface area contributed by atoms with E-state index in [4.69, 9.17) is 4.74 Å². The highest BCUT2D eigenvalue weighted by atomic mass is 16.5. The second-order valence-electron chi connectivity index (χ2n) is 8.50. The van der Waals surface area contributed by atoms with Crippen molar-refractivity contribution in [2.45, 2.75) is 18.8 Å². The van der Waals surface area contributed by atoms with E-state index in [1.807, 2.05) is 30.5 Å². The summed E-state index contributed by atoms with van der Waals surface area (Å²) in [6.07, 6.45) is 6.13. The van der Waals surface area contributed by atoms with Gasteiger partial charge in [0.1, 0.15) is 0 Å². The van der Waals surface area contributed by atoms with Crippen LogP contribution in [0, 0.1) is 5.92 Å². The summed E-state index contributed by atoms with van der Waals surface area (Å²) in [7, 11) is 0. The first-order valence-electron chi connectivity index (χ1n) is 10.7. The molecule has 1 amide bonds. The Morgan fingerprint density at radius 2 is 2.00 bits per heavy atom. The molecule has 1 saturated heterocycles. The zero-order valence-corrected chi connectivity index (χ0v) is 17.6. The maximum absolute atomic E-state index is 12.7. The van der Waals surface area contributed by atoms with Gasteiger partial charge in [0.15, 0.2) is 0 Å². The number of rotatable bonds is 5. The fourth-order valence-corrected chi connectivity index (χ4v) is 4.44. The van der Waals surface area contributed by atoms with Gasteiger partial charge in [0, 0.05) is 47.5 Å². The lowest BCUT2D eigenvalue weighted by atomic mass is 9.95. The van der Waals surface area contributed by atoms with Gasteiger partial charge in [-0.05, 0) is 35.6 Å². The number of benzene rings is 2. The lowest BCUT2D eigenvalue weighted by molar-refractivity contribution is -0.122. The van der Waals surface area contributed by atoms with Gasteiger partial charge in [0.05, 0.1) is 25.3 Å². The first-order chi connectivity index (χ1) is 15.1. The Balaban J connectivity index is 1.22. The van der Waals surface area contributed by atoms with Crippen LogP contribution in [0.3, 0.4) is 0 Å². The van der Waals surface area contributed by atoms with Gasteiger partial charge in [-0.25, -0.2) is 5.43 Å². The SMILES string of the molecule is CC1(c2ccc(N3CCOCC3)cc2)CC1C(=O)N/N=C/c1cccc2cnccc12. The van der Waals surface area contributed by atoms with Crippen LogP contribution in [-0.2, 0) is 14.9 Å². The molecule has 6 nitrogen and oxygen atoms in total. The number of nitrogens with one attached hydrogen (secondary N) is 1. The standard InChI is InChI=1S/C25H26N4O2/c1-25(20-5-7-21(8-6-20)29-11-13-31-14-12-29)15-23(25)24(30)28-27-17-19-4-2-3-18-16-26-10-9-22(18)19/h2-10,16-17,23H,11-15H2,1H3,(H,28,30)/b27-17+. The highest BCUT2D eigenvalue weighted by Crippen LogP contribution is 2.54. The van der Waals surface area contributed by atoms with Gasteiger partial charge in [-0.1, -0.05) is 37.3 Å². The van der Waals surface area contributed by atoms with Crippen LogP contribution in [0.15, 0.2) is 66.0 Å². The number of pyridine rings is 1. The number of aromatic nitrogens is 1. The quantitative estimate of drug-likeness (QED) is 0.513. The van der Waals surface area contributed by atoms with E-state index in [-0.39, 0.29) is 17.2 Å². The zero-order chi connectivity index (χ0) is 21.3. The number of nitrogens with zero attached hydrogens (tertiary/aromatic N) is 3. The topological polar surface area (TPSA) is 66.8 Å². The number of hydrogen-bond acceptors (Lipinski definition) is 5. The van der Waals surface area contributed by atoms with Crippen LogP contribution < -0.4 is 10.3 Å². The molecule has 1 N–H and O–H groups in total. The third kappa shape index (κ3) is 3.91. The lowest BCUT2D eigenvalue weighted by Gasteiger charge is -2.29. The average molecular weight is 415 g/mol. The maximum atomic E-state index is 12.7. The molecule has 6 heteroatoms. The van der Waals surface area contributed by atoms with Gasteiger partial charge in [-0.15, -0.1) is 0 Å². The van der Waals surface area contributed by atoms with Crippen molar-refractivity contribution in [3.63, 3.8) is 0 Å². The van der Waals surface area contributed by atoms with E-state index in [1.54, 1.807) is 12.4 Å². The Labute approximate surface area is 181 Å². The number of anilines is 1. The molecule has 2 unspecified atom stereocenters. The molecule has 31 heavy (non-hydrogen) atoms. The van der Waals surface area contributed by atoms with Crippen molar-refractivity contribution in [1.29, 1.82) is 0 Å². The Bertz CT molecular complexity index is 1120. The van der Waals surface area contributed by atoms with E-state index in [9.17, 15) is 4.79 Å². The van der Waals surface area contributed by atoms with Crippen molar-refractivity contribution in [1.82, 2.24) is 10.4 Å². The molecule has 0 bridgehead atoms. The summed E-state index contributed by atoms with van der Waals surface area (Å²) in [5.74, 6) is -0.0893. The van der Waals surface area contributed by atoms with Gasteiger partial charge < -0.3 is 9.64 Å². The third-order valence-corrected chi connectivity index (χ3v) is 6.55. The monoisotopic (exact) mass is 414 g/mol. The minimum atomic E-state index is -0.131. The fourth-order valence-electron chi connectivity index (χ4n) is 4.44. The predicted octanol–water partition coefficient (Wildman–Crippen LogP) is 3.50. The molecule has 1 aliphatic heterocycles. The molecule has 3 aromatic rings. The summed E-state index contributed by atoms with van der Waals surface area (Å²) < 4.78 is 5.43. The maximum Gasteiger partial charge on any atom is 0.244 e. The summed E-state index contributed by atoms with van der Waals surface area (Å²) in [6, 6.07) is 16.5. The van der Waals surface area contributed by atoms with Crippen LogP contribution in [0.25, 0.3) is 10.8 Å². The van der Waals surface area contributed by atoms with Crippen molar-refractivity contribution < 1.29 is 9.53 Å². The van der Waals surface area contributed by atoms with Crippen LogP contribution in [0.2, 0.25) is 0 Å². The van der Waals surface area contributed by atoms with Crippen molar-refractivity contribution >= 4 is 28.6 Å². The Morgan fingerprint density at radius 1 is 1.19 bits per heavy atom. The van der Waals surface area contributed by atoms with E-state index >= 15 is 0 Å². The molecule has 1 aromatic heterocycles. The van der Waals surface area contributed by atoms with E-state index in [0.29, 0.717) is 0 Å². The van der Waals surface area contributed by atoms with E-state index in [1.165, 1.54) is 11.3 Å². The van der Waals surface area contributed by atoms with Crippen molar-refractivity contribution in [3.05, 3.63) is 72.1 Å². The summed E-state index contributed by atoms with van der Waals surface area (Å²) >= 11 is 0. The number of morpholine rings is 1. The van der Waals surface area contributed by atoms with E-state index in [2.05, 4.69) is 51.6 Å². The molecule has 158 valence electrons. The van der Waals surface area contributed by atoms with Crippen LogP contribution in [-0.4, -0.2) is 43.4 Å². The smallest absolute Gasteiger partial charge is 0.244 e. The molecule has 1 saturated carbocycles. The van der Waals surface area contributed by atoms with Crippen LogP contribution in [0.4, 0.5) is 5.69 Å². The highest BCUT2D eigenvalue weighted by molar-refractivity contribution is 5.99. The predicted molar refractivity (Wildman–Crippen MR) is 122 cm³/mol. The molecule has 2 aromatic carbocycles. The third-order valence-electron chi connectivity index (χ3n) is 6.55. The molecule has 0 radical (unpaired) electrons. The molecule has 2 aliphatic rings. The molecule has 2 atom stereocenters. The van der Waals surface area contributed by atoms with E-state index in [0.717, 1.165) is 49.1 Å². The second-order valence-corrected chi connectivity index (χ2v) is 8.50. The average Bonchev–Trinajstić information content (AvgIpc) is 3.53. The largest absolute Gasteiger partial charge is 0.378 e. The van der Waals surface area contributed by atoms with Gasteiger partial charge >= 0.3 is 0 Å². The first-order valence-corrected chi connectivity index (χ1v) is 10.7. The number of carbonyl (C=O) groups is 1. The summed E-state index contributed by atoms with van der Waals surface area (Å²) in [5.41, 5.74) is 5.98. The minimum Gasteiger partial charge on any atom is -0.378 e. The van der Waals surface area contributed by atoms with Gasteiger partial charge in [0.2, 0.25) is 5.91 Å². The number of carbonyl (C=O) groups excluding carboxylic acids is 1. The van der Waals surface area contributed by atoms with Crippen molar-refractivity contribution in [2.75, 3.05) is 31.2 Å². The molecule has 2 heterocycles. The molecule has 1 aliphatic carbocycles. The summed E-state index contributed by atoms with van der Waals surface area (Å²) in [6.45, 7) is 5.55. The van der Waals surface area contributed by atoms with Crippen molar-refractivity contribution in [3.8, 4) is 0 Å². The normalized spacial score (nSPS) is 23.3. The van der Waals surface area contributed by atoms with Crippen LogP contribution >= 0.6 is 0 Å². The van der Waals surface area contributed by atoms with Crippen LogP contribution in [0.5, 0.6) is 0 Å². The van der Waals surface area contributed by atoms with Crippen LogP contribution in [0.1, 0.15) is 24.5 Å². The summed E-state index contributed by atoms with van der Waals surface area (Å²) in [4.78, 5) is 19.2. The lowest BCUT2D eigenvalue weighted by Crippen LogP contribution is -2.36. The summed E-state index contributed by atoms with van der Waals surface area (Å²) in [5, 5.41) is 6.34. The van der Waals surface area contributed by atoms with Crippen molar-refractivity contribution in [2.24, 2.45) is 11.0 Å². The minimum absolute atomic E-state index is 0.0297. The number of amides is 1. The molecular formula is C25H26N4O2. The van der Waals surface area contributed by atoms with Gasteiger partial charge in [-0.2, -0.15) is 5.10 Å². The fraction of sp³-hybridized carbons (Fsp3) is 0.320. The Kier molecular flexibility index (Phi) is 5.16. The number of ether oxygens (including phenoxy) is 1. The first kappa shape index (κ1) is 19.7.